The normalized spacial score (nSPS) is 16.1. The number of hydrogen-bond acceptors (Lipinski definition) is 5. The van der Waals surface area contributed by atoms with E-state index in [2.05, 4.69) is 26.3 Å². The summed E-state index contributed by atoms with van der Waals surface area (Å²) in [5.41, 5.74) is 1.24. The molecule has 0 radical (unpaired) electrons. The molecule has 2 aromatic rings. The van der Waals surface area contributed by atoms with Gasteiger partial charge in [-0.2, -0.15) is 0 Å². The molecule has 128 valence electrons. The van der Waals surface area contributed by atoms with Crippen molar-refractivity contribution in [1.29, 1.82) is 0 Å². The topological polar surface area (TPSA) is 50.3 Å². The molecule has 0 saturated carbocycles. The highest BCUT2D eigenvalue weighted by Gasteiger charge is 2.20. The third-order valence-electron chi connectivity index (χ3n) is 4.19. The van der Waals surface area contributed by atoms with Gasteiger partial charge in [0.1, 0.15) is 5.75 Å². The maximum absolute atomic E-state index is 6.16. The lowest BCUT2D eigenvalue weighted by Gasteiger charge is -2.32. The third-order valence-corrected chi connectivity index (χ3v) is 4.50. The van der Waals surface area contributed by atoms with Crippen molar-refractivity contribution in [3.63, 3.8) is 0 Å². The van der Waals surface area contributed by atoms with Crippen molar-refractivity contribution in [2.45, 2.75) is 32.4 Å². The number of halogens is 1. The summed E-state index contributed by atoms with van der Waals surface area (Å²) in [4.78, 5) is 10.9. The van der Waals surface area contributed by atoms with Gasteiger partial charge >= 0.3 is 0 Å². The summed E-state index contributed by atoms with van der Waals surface area (Å²) in [5, 5.41) is 4.08. The summed E-state index contributed by atoms with van der Waals surface area (Å²) < 4.78 is 5.58. The number of rotatable bonds is 6. The van der Waals surface area contributed by atoms with E-state index in [1.165, 1.54) is 5.56 Å². The molecule has 0 unspecified atom stereocenters. The van der Waals surface area contributed by atoms with E-state index in [1.54, 1.807) is 12.4 Å². The molecule has 24 heavy (non-hydrogen) atoms. The van der Waals surface area contributed by atoms with E-state index in [4.69, 9.17) is 16.3 Å². The Kier molecular flexibility index (Phi) is 5.88. The second kappa shape index (κ2) is 8.31. The van der Waals surface area contributed by atoms with Crippen molar-refractivity contribution in [2.75, 3.05) is 25.0 Å². The van der Waals surface area contributed by atoms with Gasteiger partial charge < -0.3 is 10.1 Å². The van der Waals surface area contributed by atoms with Crippen molar-refractivity contribution < 1.29 is 4.74 Å². The van der Waals surface area contributed by atoms with Crippen LogP contribution in [0, 0.1) is 0 Å². The van der Waals surface area contributed by atoms with Crippen LogP contribution in [0.5, 0.6) is 5.75 Å². The molecule has 1 N–H and O–H groups in total. The van der Waals surface area contributed by atoms with Gasteiger partial charge in [-0.1, -0.05) is 17.7 Å². The van der Waals surface area contributed by atoms with Gasteiger partial charge in [-0.25, -0.2) is 9.97 Å². The Balaban J connectivity index is 1.51. The summed E-state index contributed by atoms with van der Waals surface area (Å²) in [6.45, 7) is 5.62. The number of ether oxygens (including phenoxy) is 1. The van der Waals surface area contributed by atoms with E-state index in [0.717, 1.165) is 44.2 Å². The van der Waals surface area contributed by atoms with Crippen molar-refractivity contribution in [3.8, 4) is 5.75 Å². The van der Waals surface area contributed by atoms with Crippen LogP contribution in [-0.2, 0) is 6.54 Å². The number of anilines is 1. The smallest absolute Gasteiger partial charge is 0.222 e. The summed E-state index contributed by atoms with van der Waals surface area (Å²) in [6, 6.07) is 8.31. The minimum atomic E-state index is 0.438. The molecule has 5 nitrogen and oxygen atoms in total. The van der Waals surface area contributed by atoms with Crippen LogP contribution in [-0.4, -0.2) is 40.6 Å². The molecular formula is C18H23ClN4O. The Morgan fingerprint density at radius 2 is 2.00 bits per heavy atom. The average molecular weight is 347 g/mol. The van der Waals surface area contributed by atoms with E-state index in [9.17, 15) is 0 Å². The number of nitrogens with zero attached hydrogens (tertiary/aromatic N) is 3. The monoisotopic (exact) mass is 346 g/mol. The van der Waals surface area contributed by atoms with Crippen LogP contribution in [0.1, 0.15) is 25.3 Å². The van der Waals surface area contributed by atoms with Crippen LogP contribution in [0.15, 0.2) is 36.7 Å². The van der Waals surface area contributed by atoms with E-state index in [1.807, 2.05) is 25.1 Å². The van der Waals surface area contributed by atoms with Crippen molar-refractivity contribution >= 4 is 17.5 Å². The van der Waals surface area contributed by atoms with Gasteiger partial charge in [0.25, 0.3) is 0 Å². The number of aromatic nitrogens is 2. The van der Waals surface area contributed by atoms with Crippen LogP contribution in [0.25, 0.3) is 0 Å². The fourth-order valence-electron chi connectivity index (χ4n) is 2.96. The highest BCUT2D eigenvalue weighted by molar-refractivity contribution is 6.32. The number of hydrogen-bond donors (Lipinski definition) is 1. The Labute approximate surface area is 148 Å². The van der Waals surface area contributed by atoms with E-state index >= 15 is 0 Å². The summed E-state index contributed by atoms with van der Waals surface area (Å²) in [7, 11) is 0. The molecule has 1 aliphatic rings. The first-order valence-electron chi connectivity index (χ1n) is 8.41. The lowest BCUT2D eigenvalue weighted by molar-refractivity contribution is 0.210. The molecule has 3 rings (SSSR count). The molecule has 0 atom stereocenters. The fraction of sp³-hybridized carbons (Fsp3) is 0.444. The Morgan fingerprint density at radius 1 is 1.25 bits per heavy atom. The van der Waals surface area contributed by atoms with Gasteiger partial charge in [0.2, 0.25) is 5.95 Å². The predicted octanol–water partition coefficient (Wildman–Crippen LogP) is 3.61. The van der Waals surface area contributed by atoms with Gasteiger partial charge in [-0.15, -0.1) is 0 Å². The molecule has 0 amide bonds. The molecule has 1 aromatic heterocycles. The average Bonchev–Trinajstić information content (AvgIpc) is 2.61. The number of nitrogens with one attached hydrogen (secondary N) is 1. The molecular weight excluding hydrogens is 324 g/mol. The first-order valence-corrected chi connectivity index (χ1v) is 8.79. The van der Waals surface area contributed by atoms with Gasteiger partial charge in [0.05, 0.1) is 11.6 Å². The number of piperidine rings is 1. The van der Waals surface area contributed by atoms with Crippen molar-refractivity contribution in [3.05, 3.63) is 47.2 Å². The largest absolute Gasteiger partial charge is 0.492 e. The van der Waals surface area contributed by atoms with Gasteiger partial charge in [0, 0.05) is 38.1 Å². The molecule has 1 aliphatic heterocycles. The second-order valence-electron chi connectivity index (χ2n) is 5.96. The lowest BCUT2D eigenvalue weighted by Crippen LogP contribution is -2.38. The molecule has 1 saturated heterocycles. The van der Waals surface area contributed by atoms with Gasteiger partial charge in [0.15, 0.2) is 0 Å². The van der Waals surface area contributed by atoms with Crippen LogP contribution in [0.4, 0.5) is 5.95 Å². The van der Waals surface area contributed by atoms with Crippen LogP contribution in [0.3, 0.4) is 0 Å². The number of likely N-dealkylation sites (tertiary alicyclic amines) is 1. The minimum absolute atomic E-state index is 0.438. The standard InChI is InChI=1S/C18H23ClN4O/c1-2-24-17-12-14(4-5-16(17)19)13-23-10-6-15(7-11-23)22-18-20-8-3-9-21-18/h3-5,8-9,12,15H,2,6-7,10-11,13H2,1H3,(H,20,21,22). The van der Waals surface area contributed by atoms with Gasteiger partial charge in [-0.3, -0.25) is 4.90 Å². The van der Waals surface area contributed by atoms with E-state index in [0.29, 0.717) is 17.7 Å². The first kappa shape index (κ1) is 17.0. The number of benzene rings is 1. The highest BCUT2D eigenvalue weighted by Crippen LogP contribution is 2.26. The SMILES string of the molecule is CCOc1cc(CN2CCC(Nc3ncccn3)CC2)ccc1Cl. The van der Waals surface area contributed by atoms with E-state index in [-0.39, 0.29) is 0 Å². The highest BCUT2D eigenvalue weighted by atomic mass is 35.5. The van der Waals surface area contributed by atoms with Gasteiger partial charge in [-0.05, 0) is 43.5 Å². The summed E-state index contributed by atoms with van der Waals surface area (Å²) >= 11 is 6.16. The minimum Gasteiger partial charge on any atom is -0.492 e. The zero-order chi connectivity index (χ0) is 16.8. The van der Waals surface area contributed by atoms with Crippen molar-refractivity contribution in [1.82, 2.24) is 14.9 Å². The Bertz CT molecular complexity index is 645. The first-order chi connectivity index (χ1) is 11.7. The Hall–Kier alpha value is -1.85. The fourth-order valence-corrected chi connectivity index (χ4v) is 3.13. The third kappa shape index (κ3) is 4.58. The van der Waals surface area contributed by atoms with Crippen LogP contribution in [0.2, 0.25) is 5.02 Å². The predicted molar refractivity (Wildman–Crippen MR) is 96.6 cm³/mol. The summed E-state index contributed by atoms with van der Waals surface area (Å²) in [6.07, 6.45) is 5.70. The molecule has 1 fully saturated rings. The molecule has 1 aromatic carbocycles. The lowest BCUT2D eigenvalue weighted by atomic mass is 10.0. The summed E-state index contributed by atoms with van der Waals surface area (Å²) in [5.74, 6) is 1.49. The molecule has 6 heteroatoms. The van der Waals surface area contributed by atoms with Crippen LogP contribution < -0.4 is 10.1 Å². The van der Waals surface area contributed by atoms with E-state index < -0.39 is 0 Å². The maximum atomic E-state index is 6.16. The Morgan fingerprint density at radius 3 is 2.71 bits per heavy atom. The molecule has 2 heterocycles. The molecule has 0 bridgehead atoms. The van der Waals surface area contributed by atoms with Crippen molar-refractivity contribution in [2.24, 2.45) is 0 Å². The van der Waals surface area contributed by atoms with Crippen LogP contribution >= 0.6 is 11.6 Å². The maximum Gasteiger partial charge on any atom is 0.222 e. The quantitative estimate of drug-likeness (QED) is 0.866. The molecule has 0 spiro atoms. The zero-order valence-corrected chi connectivity index (χ0v) is 14.7. The second-order valence-corrected chi connectivity index (χ2v) is 6.37. The zero-order valence-electron chi connectivity index (χ0n) is 13.9. The molecule has 0 aliphatic carbocycles.